The molecule has 7 nitrogen and oxygen atoms in total. The van der Waals surface area contributed by atoms with Crippen molar-refractivity contribution in [3.63, 3.8) is 0 Å². The Balaban J connectivity index is 1.66. The molecule has 0 aliphatic rings. The van der Waals surface area contributed by atoms with Crippen LogP contribution < -0.4 is 10.6 Å². The Hall–Kier alpha value is -3.59. The largest absolute Gasteiger partial charge is 0.337 e. The summed E-state index contributed by atoms with van der Waals surface area (Å²) in [5.74, 6) is -2.38. The van der Waals surface area contributed by atoms with Gasteiger partial charge in [0.15, 0.2) is 11.5 Å². The molecule has 0 bridgehead atoms. The Bertz CT molecular complexity index is 1150. The second-order valence-corrected chi connectivity index (χ2v) is 6.17. The molecule has 0 saturated heterocycles. The summed E-state index contributed by atoms with van der Waals surface area (Å²) in [5, 5.41) is 12.3. The van der Waals surface area contributed by atoms with E-state index in [-0.39, 0.29) is 5.69 Å². The number of anilines is 1. The molecular formula is C19H16F2N6O. The second kappa shape index (κ2) is 7.20. The van der Waals surface area contributed by atoms with Crippen LogP contribution in [-0.4, -0.2) is 33.1 Å². The van der Waals surface area contributed by atoms with Crippen LogP contribution in [0.25, 0.3) is 22.6 Å². The van der Waals surface area contributed by atoms with Gasteiger partial charge in [0, 0.05) is 12.7 Å². The van der Waals surface area contributed by atoms with Gasteiger partial charge in [-0.1, -0.05) is 12.1 Å². The molecule has 0 saturated carbocycles. The molecule has 4 rings (SSSR count). The fourth-order valence-corrected chi connectivity index (χ4v) is 2.94. The summed E-state index contributed by atoms with van der Waals surface area (Å²) in [4.78, 5) is 20.0. The number of hydrogen-bond donors (Lipinski definition) is 4. The molecule has 2 heterocycles. The van der Waals surface area contributed by atoms with Gasteiger partial charge >= 0.3 is 0 Å². The molecule has 142 valence electrons. The van der Waals surface area contributed by atoms with Crippen LogP contribution >= 0.6 is 0 Å². The lowest BCUT2D eigenvalue weighted by Gasteiger charge is -2.06. The van der Waals surface area contributed by atoms with E-state index in [1.54, 1.807) is 0 Å². The molecule has 2 aromatic carbocycles. The van der Waals surface area contributed by atoms with E-state index in [1.807, 2.05) is 25.2 Å². The number of nitrogens with zero attached hydrogens (tertiary/aromatic N) is 2. The Morgan fingerprint density at radius 1 is 1.18 bits per heavy atom. The molecular weight excluding hydrogens is 366 g/mol. The van der Waals surface area contributed by atoms with Crippen LogP contribution in [0.15, 0.2) is 42.6 Å². The molecule has 4 aromatic rings. The number of amides is 1. The van der Waals surface area contributed by atoms with Gasteiger partial charge in [-0.05, 0) is 36.9 Å². The average Bonchev–Trinajstić information content (AvgIpc) is 3.27. The third kappa shape index (κ3) is 3.23. The van der Waals surface area contributed by atoms with Gasteiger partial charge < -0.3 is 15.6 Å². The van der Waals surface area contributed by atoms with Crippen molar-refractivity contribution >= 4 is 22.6 Å². The van der Waals surface area contributed by atoms with Crippen LogP contribution in [0.4, 0.5) is 14.5 Å². The number of benzene rings is 2. The van der Waals surface area contributed by atoms with Gasteiger partial charge in [0.2, 0.25) is 0 Å². The van der Waals surface area contributed by atoms with Crippen LogP contribution in [0.5, 0.6) is 0 Å². The average molecular weight is 382 g/mol. The number of carbonyl (C=O) groups is 1. The highest BCUT2D eigenvalue weighted by Crippen LogP contribution is 2.26. The molecule has 1 amide bonds. The lowest BCUT2D eigenvalue weighted by molar-refractivity contribution is 0.101. The highest BCUT2D eigenvalue weighted by atomic mass is 19.1. The quantitative estimate of drug-likeness (QED) is 0.426. The molecule has 9 heteroatoms. The van der Waals surface area contributed by atoms with E-state index in [0.717, 1.165) is 28.7 Å². The zero-order valence-electron chi connectivity index (χ0n) is 14.8. The number of H-pyrrole nitrogens is 2. The normalized spacial score (nSPS) is 11.1. The van der Waals surface area contributed by atoms with Gasteiger partial charge in [0.1, 0.15) is 17.2 Å². The first-order valence-corrected chi connectivity index (χ1v) is 8.49. The van der Waals surface area contributed by atoms with Crippen molar-refractivity contribution in [1.82, 2.24) is 25.5 Å². The third-order valence-electron chi connectivity index (χ3n) is 4.23. The zero-order valence-corrected chi connectivity index (χ0v) is 14.8. The molecule has 0 spiro atoms. The van der Waals surface area contributed by atoms with Gasteiger partial charge in [0.05, 0.1) is 16.7 Å². The number of nitrogens with one attached hydrogen (secondary N) is 4. The smallest absolute Gasteiger partial charge is 0.261 e. The van der Waals surface area contributed by atoms with Crippen molar-refractivity contribution in [3.05, 3.63) is 65.4 Å². The molecule has 0 atom stereocenters. The third-order valence-corrected chi connectivity index (χ3v) is 4.23. The van der Waals surface area contributed by atoms with Crippen molar-refractivity contribution in [2.24, 2.45) is 0 Å². The summed E-state index contributed by atoms with van der Waals surface area (Å²) < 4.78 is 27.7. The van der Waals surface area contributed by atoms with Crippen LogP contribution in [0.2, 0.25) is 0 Å². The summed E-state index contributed by atoms with van der Waals surface area (Å²) in [6.45, 7) is 0.704. The molecule has 28 heavy (non-hydrogen) atoms. The lowest BCUT2D eigenvalue weighted by atomic mass is 10.2. The zero-order chi connectivity index (χ0) is 19.7. The highest BCUT2D eigenvalue weighted by molar-refractivity contribution is 6.06. The minimum atomic E-state index is -0.941. The van der Waals surface area contributed by atoms with Crippen molar-refractivity contribution in [2.75, 3.05) is 12.4 Å². The monoisotopic (exact) mass is 382 g/mol. The Morgan fingerprint density at radius 2 is 1.96 bits per heavy atom. The summed E-state index contributed by atoms with van der Waals surface area (Å²) in [6.07, 6.45) is 1.42. The number of imidazole rings is 1. The minimum Gasteiger partial charge on any atom is -0.337 e. The number of aromatic amines is 2. The van der Waals surface area contributed by atoms with E-state index in [1.165, 1.54) is 12.3 Å². The lowest BCUT2D eigenvalue weighted by Crippen LogP contribution is -2.16. The fraction of sp³-hybridized carbons (Fsp3) is 0.105. The first kappa shape index (κ1) is 17.8. The summed E-state index contributed by atoms with van der Waals surface area (Å²) in [6, 6.07) is 9.05. The Morgan fingerprint density at radius 3 is 2.71 bits per heavy atom. The van der Waals surface area contributed by atoms with E-state index in [9.17, 15) is 13.6 Å². The first-order valence-electron chi connectivity index (χ1n) is 8.49. The molecule has 4 N–H and O–H groups in total. The van der Waals surface area contributed by atoms with Crippen LogP contribution in [0.1, 0.15) is 15.9 Å². The maximum absolute atomic E-state index is 13.8. The molecule has 0 unspecified atom stereocenters. The van der Waals surface area contributed by atoms with Gasteiger partial charge in [-0.3, -0.25) is 9.89 Å². The molecule has 0 aliphatic heterocycles. The van der Waals surface area contributed by atoms with Gasteiger partial charge in [0.25, 0.3) is 5.91 Å². The van der Waals surface area contributed by atoms with E-state index in [2.05, 4.69) is 30.8 Å². The number of fused-ring (bicyclic) bond motifs is 1. The standard InChI is InChI=1S/C19H16F2N6O/c1-22-8-10-5-6-13-14(7-10)25-18(24-13)17-15(9-23-27-17)26-19(28)16-11(20)3-2-4-12(16)21/h2-7,9,22H,8H2,1H3,(H,23,27)(H,24,25)(H,26,28). The predicted octanol–water partition coefficient (Wildman–Crippen LogP) is 3.20. The molecule has 0 radical (unpaired) electrons. The number of hydrogen-bond acceptors (Lipinski definition) is 4. The van der Waals surface area contributed by atoms with Crippen LogP contribution in [-0.2, 0) is 6.54 Å². The number of rotatable bonds is 5. The van der Waals surface area contributed by atoms with E-state index in [0.29, 0.717) is 18.1 Å². The van der Waals surface area contributed by atoms with Gasteiger partial charge in [-0.25, -0.2) is 13.8 Å². The molecule has 0 fully saturated rings. The number of aromatic nitrogens is 4. The van der Waals surface area contributed by atoms with Crippen molar-refractivity contribution in [2.45, 2.75) is 6.54 Å². The van der Waals surface area contributed by atoms with Gasteiger partial charge in [-0.2, -0.15) is 5.10 Å². The topological polar surface area (TPSA) is 98.5 Å². The van der Waals surface area contributed by atoms with Crippen molar-refractivity contribution < 1.29 is 13.6 Å². The van der Waals surface area contributed by atoms with E-state index in [4.69, 9.17) is 0 Å². The SMILES string of the molecule is CNCc1ccc2[nH]c(-c3n[nH]cc3NC(=O)c3c(F)cccc3F)nc2c1. The van der Waals surface area contributed by atoms with E-state index >= 15 is 0 Å². The Kier molecular flexibility index (Phi) is 4.58. The summed E-state index contributed by atoms with van der Waals surface area (Å²) >= 11 is 0. The van der Waals surface area contributed by atoms with Crippen molar-refractivity contribution in [3.8, 4) is 11.5 Å². The van der Waals surface area contributed by atoms with E-state index < -0.39 is 23.1 Å². The number of halogens is 2. The molecule has 2 aromatic heterocycles. The summed E-state index contributed by atoms with van der Waals surface area (Å²) in [7, 11) is 1.86. The van der Waals surface area contributed by atoms with Crippen LogP contribution in [0, 0.1) is 11.6 Å². The van der Waals surface area contributed by atoms with Crippen LogP contribution in [0.3, 0.4) is 0 Å². The summed E-state index contributed by atoms with van der Waals surface area (Å²) in [5.41, 5.74) is 2.53. The minimum absolute atomic E-state index is 0.252. The van der Waals surface area contributed by atoms with Gasteiger partial charge in [-0.15, -0.1) is 0 Å². The maximum Gasteiger partial charge on any atom is 0.261 e. The maximum atomic E-state index is 13.8. The van der Waals surface area contributed by atoms with Crippen molar-refractivity contribution in [1.29, 1.82) is 0 Å². The second-order valence-electron chi connectivity index (χ2n) is 6.17. The first-order chi connectivity index (χ1) is 13.6. The Labute approximate surface area is 158 Å². The molecule has 0 aliphatic carbocycles. The highest BCUT2D eigenvalue weighted by Gasteiger charge is 2.20. The predicted molar refractivity (Wildman–Crippen MR) is 101 cm³/mol. The fourth-order valence-electron chi connectivity index (χ4n) is 2.94. The number of carbonyl (C=O) groups excluding carboxylic acids is 1.